The molecule has 0 saturated carbocycles. The number of aromatic nitrogens is 3. The van der Waals surface area contributed by atoms with Crippen molar-refractivity contribution < 1.29 is 4.52 Å². The second-order valence-corrected chi connectivity index (χ2v) is 7.45. The summed E-state index contributed by atoms with van der Waals surface area (Å²) in [4.78, 5) is 9.65. The highest BCUT2D eigenvalue weighted by atomic mass is 127. The van der Waals surface area contributed by atoms with Crippen LogP contribution in [0.3, 0.4) is 0 Å². The van der Waals surface area contributed by atoms with Crippen LogP contribution in [-0.2, 0) is 19.6 Å². The number of hydrogen-bond donors (Lipinski definition) is 1. The second kappa shape index (κ2) is 11.8. The Labute approximate surface area is 200 Å². The monoisotopic (exact) mass is 535 g/mol. The minimum Gasteiger partial charge on any atom is -0.364 e. The molecule has 4 rings (SSSR count). The van der Waals surface area contributed by atoms with Gasteiger partial charge in [-0.05, 0) is 24.1 Å². The van der Waals surface area contributed by atoms with Gasteiger partial charge in [0.1, 0.15) is 6.26 Å². The van der Waals surface area contributed by atoms with E-state index >= 15 is 0 Å². The first kappa shape index (κ1) is 23.3. The Balaban J connectivity index is 0.00000272. The molecule has 0 bridgehead atoms. The van der Waals surface area contributed by atoms with E-state index in [0.717, 1.165) is 57.5 Å². The summed E-state index contributed by atoms with van der Waals surface area (Å²) in [5.41, 5.74) is 3.43. The largest absolute Gasteiger partial charge is 0.364 e. The lowest BCUT2D eigenvalue weighted by Gasteiger charge is -2.36. The van der Waals surface area contributed by atoms with Crippen LogP contribution in [0.2, 0.25) is 0 Å². The predicted octanol–water partition coefficient (Wildman–Crippen LogP) is 2.82. The van der Waals surface area contributed by atoms with Gasteiger partial charge in [0, 0.05) is 57.7 Å². The van der Waals surface area contributed by atoms with Crippen molar-refractivity contribution in [2.45, 2.75) is 26.6 Å². The first-order valence-corrected chi connectivity index (χ1v) is 10.5. The van der Waals surface area contributed by atoms with Crippen LogP contribution in [-0.4, -0.2) is 63.4 Å². The number of aliphatic imine (C=N–C) groups is 1. The highest BCUT2D eigenvalue weighted by Crippen LogP contribution is 2.10. The van der Waals surface area contributed by atoms with Crippen molar-refractivity contribution in [1.29, 1.82) is 0 Å². The van der Waals surface area contributed by atoms with Gasteiger partial charge in [0.25, 0.3) is 0 Å². The number of benzene rings is 1. The van der Waals surface area contributed by atoms with Crippen LogP contribution in [0.25, 0.3) is 0 Å². The van der Waals surface area contributed by atoms with E-state index in [-0.39, 0.29) is 24.0 Å². The SMILES string of the molecule is CCNC(=NCc1cccc(Cn2cccn2)c1)N1CCN(Cc2ccon2)CC1.I. The highest BCUT2D eigenvalue weighted by molar-refractivity contribution is 14.0. The molecule has 3 aromatic rings. The van der Waals surface area contributed by atoms with Gasteiger partial charge >= 0.3 is 0 Å². The summed E-state index contributed by atoms with van der Waals surface area (Å²) in [7, 11) is 0. The first-order chi connectivity index (χ1) is 14.8. The number of hydrogen-bond acceptors (Lipinski definition) is 5. The third kappa shape index (κ3) is 6.79. The van der Waals surface area contributed by atoms with Crippen LogP contribution in [0.4, 0.5) is 0 Å². The molecule has 31 heavy (non-hydrogen) atoms. The summed E-state index contributed by atoms with van der Waals surface area (Å²) < 4.78 is 6.87. The number of halogens is 1. The molecule has 166 valence electrons. The molecule has 2 aromatic heterocycles. The van der Waals surface area contributed by atoms with Gasteiger partial charge < -0.3 is 14.7 Å². The van der Waals surface area contributed by atoms with Crippen LogP contribution < -0.4 is 5.32 Å². The molecule has 1 saturated heterocycles. The minimum absolute atomic E-state index is 0. The van der Waals surface area contributed by atoms with Gasteiger partial charge in [0.15, 0.2) is 5.96 Å². The molecule has 0 radical (unpaired) electrons. The molecule has 1 aliphatic rings. The summed E-state index contributed by atoms with van der Waals surface area (Å²) in [5, 5.41) is 11.8. The Bertz CT molecular complexity index is 919. The summed E-state index contributed by atoms with van der Waals surface area (Å²) in [6.45, 7) is 9.10. The number of guanidine groups is 1. The Morgan fingerprint density at radius 2 is 1.94 bits per heavy atom. The predicted molar refractivity (Wildman–Crippen MR) is 131 cm³/mol. The quantitative estimate of drug-likeness (QED) is 0.285. The van der Waals surface area contributed by atoms with Crippen molar-refractivity contribution in [3.63, 3.8) is 0 Å². The zero-order valence-electron chi connectivity index (χ0n) is 17.9. The topological polar surface area (TPSA) is 74.7 Å². The van der Waals surface area contributed by atoms with Crippen LogP contribution in [0.5, 0.6) is 0 Å². The molecular weight excluding hydrogens is 505 g/mol. The molecule has 9 heteroatoms. The second-order valence-electron chi connectivity index (χ2n) is 7.45. The zero-order chi connectivity index (χ0) is 20.6. The van der Waals surface area contributed by atoms with Crippen molar-refractivity contribution in [3.8, 4) is 0 Å². The average molecular weight is 535 g/mol. The van der Waals surface area contributed by atoms with Crippen LogP contribution >= 0.6 is 24.0 Å². The number of rotatable bonds is 7. The van der Waals surface area contributed by atoms with Crippen molar-refractivity contribution in [2.75, 3.05) is 32.7 Å². The van der Waals surface area contributed by atoms with Gasteiger partial charge in [-0.25, -0.2) is 4.99 Å². The molecule has 0 unspecified atom stereocenters. The van der Waals surface area contributed by atoms with Gasteiger partial charge in [-0.1, -0.05) is 29.4 Å². The maximum atomic E-state index is 4.94. The Morgan fingerprint density at radius 3 is 2.65 bits per heavy atom. The van der Waals surface area contributed by atoms with E-state index in [2.05, 4.69) is 56.6 Å². The molecule has 1 aromatic carbocycles. The molecule has 3 heterocycles. The van der Waals surface area contributed by atoms with Gasteiger partial charge in [-0.2, -0.15) is 5.10 Å². The molecule has 8 nitrogen and oxygen atoms in total. The summed E-state index contributed by atoms with van der Waals surface area (Å²) in [6, 6.07) is 12.5. The molecule has 0 spiro atoms. The van der Waals surface area contributed by atoms with Crippen molar-refractivity contribution in [3.05, 3.63) is 71.9 Å². The highest BCUT2D eigenvalue weighted by Gasteiger charge is 2.20. The third-order valence-corrected chi connectivity index (χ3v) is 5.19. The van der Waals surface area contributed by atoms with Crippen LogP contribution in [0.15, 0.2) is 64.6 Å². The van der Waals surface area contributed by atoms with E-state index in [1.807, 2.05) is 29.2 Å². The fourth-order valence-corrected chi connectivity index (χ4v) is 3.67. The molecule has 1 aliphatic heterocycles. The Hall–Kier alpha value is -2.40. The Morgan fingerprint density at radius 1 is 1.10 bits per heavy atom. The molecule has 0 aliphatic carbocycles. The van der Waals surface area contributed by atoms with Crippen LogP contribution in [0, 0.1) is 0 Å². The van der Waals surface area contributed by atoms with Crippen LogP contribution in [0.1, 0.15) is 23.7 Å². The number of nitrogens with zero attached hydrogens (tertiary/aromatic N) is 6. The van der Waals surface area contributed by atoms with Gasteiger partial charge in [0.05, 0.1) is 18.8 Å². The lowest BCUT2D eigenvalue weighted by molar-refractivity contribution is 0.169. The maximum absolute atomic E-state index is 4.94. The van der Waals surface area contributed by atoms with E-state index in [1.54, 1.807) is 6.26 Å². The lowest BCUT2D eigenvalue weighted by Crippen LogP contribution is -2.52. The summed E-state index contributed by atoms with van der Waals surface area (Å²) in [5.74, 6) is 0.982. The van der Waals surface area contributed by atoms with E-state index in [4.69, 9.17) is 9.52 Å². The number of nitrogens with one attached hydrogen (secondary N) is 1. The summed E-state index contributed by atoms with van der Waals surface area (Å²) in [6.07, 6.45) is 5.42. The normalized spacial score (nSPS) is 15.0. The van der Waals surface area contributed by atoms with Gasteiger partial charge in [-0.15, -0.1) is 24.0 Å². The molecule has 1 fully saturated rings. The average Bonchev–Trinajstić information content (AvgIpc) is 3.47. The number of piperazine rings is 1. The van der Waals surface area contributed by atoms with Gasteiger partial charge in [-0.3, -0.25) is 9.58 Å². The molecular formula is C22H30IN7O. The molecule has 0 atom stereocenters. The fraction of sp³-hybridized carbons (Fsp3) is 0.409. The zero-order valence-corrected chi connectivity index (χ0v) is 20.2. The van der Waals surface area contributed by atoms with E-state index in [9.17, 15) is 0 Å². The van der Waals surface area contributed by atoms with E-state index in [1.165, 1.54) is 11.1 Å². The Kier molecular flexibility index (Phi) is 8.89. The van der Waals surface area contributed by atoms with Crippen molar-refractivity contribution in [2.24, 2.45) is 4.99 Å². The van der Waals surface area contributed by atoms with Crippen molar-refractivity contribution >= 4 is 29.9 Å². The smallest absolute Gasteiger partial charge is 0.194 e. The maximum Gasteiger partial charge on any atom is 0.194 e. The standard InChI is InChI=1S/C22H29N7O.HI/c1-2-23-22(28-12-10-27(11-13-28)18-21-7-14-30-26-21)24-16-19-5-3-6-20(15-19)17-29-9-4-8-25-29;/h3-9,14-15H,2,10-13,16-18H2,1H3,(H,23,24);1H. The third-order valence-electron chi connectivity index (χ3n) is 5.19. The minimum atomic E-state index is 0. The lowest BCUT2D eigenvalue weighted by atomic mass is 10.1. The summed E-state index contributed by atoms with van der Waals surface area (Å²) >= 11 is 0. The van der Waals surface area contributed by atoms with E-state index in [0.29, 0.717) is 6.54 Å². The van der Waals surface area contributed by atoms with Crippen molar-refractivity contribution in [1.82, 2.24) is 30.1 Å². The molecule has 0 amide bonds. The fourth-order valence-electron chi connectivity index (χ4n) is 3.67. The molecule has 1 N–H and O–H groups in total. The van der Waals surface area contributed by atoms with E-state index < -0.39 is 0 Å². The first-order valence-electron chi connectivity index (χ1n) is 10.5. The van der Waals surface area contributed by atoms with Gasteiger partial charge in [0.2, 0.25) is 0 Å².